The number of nitrogens with two attached hydrogens (primary N) is 1. The molecule has 0 fully saturated rings. The molecule has 1 aromatic heterocycles. The molecule has 0 atom stereocenters. The number of carbonyl (C=O) groups is 1. The minimum Gasteiger partial charge on any atom is -0.870 e. The molecule has 0 amide bonds. The standard InChI is InChI=1S/C23H17ClN9O12S3.Cu.4Na/c24-21-27-22(25)29-23(28-21)26-10-5-6-14(13(7-10)20(35)36)30-32-19(12-3-1-2-4-16(12)47(40,41)42)33-31-15-8-11(46(37,38)39)9-17(18(15)34)48(43,44)45;;;;;/h1-9,34H,(H,35,36)(H,37,38,39)(H,40,41,42)(H,43,44,45)(H3,25,26,27,28,29);;;;;/q-1;+2;4*+1/p-5. The summed E-state index contributed by atoms with van der Waals surface area (Å²) < 4.78 is 105. The number of nitrogens with zero attached hydrogens (tertiary/aromatic N) is 7. The summed E-state index contributed by atoms with van der Waals surface area (Å²) in [5.41, 5.74) is 2.53. The van der Waals surface area contributed by atoms with Gasteiger partial charge in [-0.25, -0.2) is 25.3 Å². The summed E-state index contributed by atoms with van der Waals surface area (Å²) in [6, 6.07) is 3.53. The number of azo groups is 2. The van der Waals surface area contributed by atoms with Crippen LogP contribution in [0.1, 0.15) is 10.4 Å². The van der Waals surface area contributed by atoms with Crippen LogP contribution in [-0.2, 0) is 47.4 Å². The smallest absolute Gasteiger partial charge is 0.870 e. The van der Waals surface area contributed by atoms with E-state index in [0.29, 0.717) is 0 Å². The van der Waals surface area contributed by atoms with Gasteiger partial charge in [-0.05, 0) is 47.2 Å². The Hall–Kier alpha value is -0.851. The van der Waals surface area contributed by atoms with E-state index in [4.69, 9.17) is 17.3 Å². The van der Waals surface area contributed by atoms with Gasteiger partial charge in [0, 0.05) is 16.1 Å². The number of nitrogens with one attached hydrogen (secondary N) is 1. The van der Waals surface area contributed by atoms with Crippen LogP contribution in [0.4, 0.5) is 29.0 Å². The Kier molecular flexibility index (Phi) is 22.7. The van der Waals surface area contributed by atoms with Crippen LogP contribution in [0.2, 0.25) is 5.28 Å². The van der Waals surface area contributed by atoms with Crippen LogP contribution in [0.3, 0.4) is 0 Å². The number of rotatable bonds is 10. The SMILES string of the molecule is Nc1nc(Cl)nc(Nc2ccc(N=NC(N=Nc3cc(S(=O)(=O)[O-])cc(S(=O)(=O)[O-])c3[O-])=C3C=CC=C[C-]3S(=O)(=O)[O-])c(C(=O)[O-])c2)n1.[Cu+2].[Na+].[Na+].[Na+].[Na+]. The van der Waals surface area contributed by atoms with Crippen LogP contribution < -0.4 is 139 Å². The van der Waals surface area contributed by atoms with Crippen molar-refractivity contribution in [2.75, 3.05) is 11.1 Å². The van der Waals surface area contributed by atoms with Crippen molar-refractivity contribution in [2.45, 2.75) is 9.79 Å². The van der Waals surface area contributed by atoms with E-state index >= 15 is 0 Å². The molecule has 3 aromatic rings. The van der Waals surface area contributed by atoms with Crippen LogP contribution in [0.5, 0.6) is 5.75 Å². The first-order chi connectivity index (χ1) is 22.2. The first-order valence-electron chi connectivity index (χ1n) is 12.1. The second-order valence-electron chi connectivity index (χ2n) is 8.78. The molecule has 2 aromatic carbocycles. The average molecular weight is 894 g/mol. The third-order valence-corrected chi connectivity index (χ3v) is 8.29. The summed E-state index contributed by atoms with van der Waals surface area (Å²) in [5.74, 6) is -4.93. The summed E-state index contributed by atoms with van der Waals surface area (Å²) in [7, 11) is -16.4. The molecule has 0 bridgehead atoms. The minimum atomic E-state index is -5.67. The summed E-state index contributed by atoms with van der Waals surface area (Å²) in [6.45, 7) is 0. The van der Waals surface area contributed by atoms with Crippen molar-refractivity contribution < 1.29 is 189 Å². The number of benzene rings is 2. The van der Waals surface area contributed by atoms with Crippen LogP contribution >= 0.6 is 11.6 Å². The van der Waals surface area contributed by atoms with E-state index in [1.165, 1.54) is 12.1 Å². The normalized spacial score (nSPS) is 13.5. The van der Waals surface area contributed by atoms with E-state index in [1.54, 1.807) is 0 Å². The summed E-state index contributed by atoms with van der Waals surface area (Å²) in [4.78, 5) is 20.0. The predicted molar refractivity (Wildman–Crippen MR) is 152 cm³/mol. The molecule has 1 heterocycles. The Morgan fingerprint density at radius 2 is 1.45 bits per heavy atom. The second kappa shape index (κ2) is 22.2. The van der Waals surface area contributed by atoms with Gasteiger partial charge in [0.15, 0.2) is 0 Å². The molecule has 1 aliphatic carbocycles. The molecule has 1 radical (unpaired) electrons. The number of hydrogen-bond donors (Lipinski definition) is 2. The largest absolute Gasteiger partial charge is 2.00 e. The van der Waals surface area contributed by atoms with Crippen molar-refractivity contribution >= 4 is 76.9 Å². The van der Waals surface area contributed by atoms with E-state index in [-0.39, 0.29) is 170 Å². The molecule has 0 saturated heterocycles. The molecule has 0 aliphatic heterocycles. The van der Waals surface area contributed by atoms with Gasteiger partial charge in [0.05, 0.1) is 32.4 Å². The molecular formula is C23H12ClCuN9Na4O12S3. The zero-order chi connectivity index (χ0) is 35.6. The number of nitrogen functional groups attached to an aromatic ring is 1. The van der Waals surface area contributed by atoms with Gasteiger partial charge in [-0.15, -0.1) is 24.3 Å². The van der Waals surface area contributed by atoms with Crippen molar-refractivity contribution in [1.82, 2.24) is 15.0 Å². The molecule has 21 nitrogen and oxygen atoms in total. The molecule has 0 spiro atoms. The maximum atomic E-state index is 12.6. The number of aromatic nitrogens is 3. The first-order valence-corrected chi connectivity index (χ1v) is 16.7. The number of allylic oxidation sites excluding steroid dienone is 3. The molecule has 1 aliphatic rings. The second-order valence-corrected chi connectivity index (χ2v) is 13.2. The third-order valence-electron chi connectivity index (χ3n) is 5.57. The van der Waals surface area contributed by atoms with Crippen molar-refractivity contribution in [1.29, 1.82) is 0 Å². The van der Waals surface area contributed by atoms with Gasteiger partial charge >= 0.3 is 135 Å². The summed E-state index contributed by atoms with van der Waals surface area (Å²) in [5, 5.41) is 40.1. The molecule has 4 rings (SSSR count). The number of hydrogen-bond acceptors (Lipinski definition) is 21. The molecule has 0 saturated carbocycles. The Balaban J connectivity index is 0. The Bertz CT molecular complexity index is 2330. The number of carbonyl (C=O) groups excluding carboxylic acids is 1. The van der Waals surface area contributed by atoms with Gasteiger partial charge in [0.1, 0.15) is 26.1 Å². The fraction of sp³-hybridized carbons (Fsp3) is 0. The van der Waals surface area contributed by atoms with Gasteiger partial charge in [-0.3, -0.25) is 0 Å². The van der Waals surface area contributed by atoms with Crippen molar-refractivity contribution in [3.05, 3.63) is 82.1 Å². The number of carboxylic acids is 1. The summed E-state index contributed by atoms with van der Waals surface area (Å²) in [6.07, 6.45) is 4.08. The fourth-order valence-corrected chi connectivity index (χ4v) is 5.62. The number of halogens is 1. The number of anilines is 3. The summed E-state index contributed by atoms with van der Waals surface area (Å²) >= 11 is 5.72. The minimum absolute atomic E-state index is 0. The van der Waals surface area contributed by atoms with Crippen LogP contribution in [-0.4, -0.2) is 59.8 Å². The van der Waals surface area contributed by atoms with Crippen LogP contribution in [0, 0.1) is 5.25 Å². The quantitative estimate of drug-likeness (QED) is 0.0826. The third kappa shape index (κ3) is 14.9. The molecule has 30 heteroatoms. The zero-order valence-electron chi connectivity index (χ0n) is 27.2. The van der Waals surface area contributed by atoms with E-state index in [2.05, 4.69) is 40.7 Å². The fourth-order valence-electron chi connectivity index (χ4n) is 3.58. The first kappa shape index (κ1) is 54.2. The van der Waals surface area contributed by atoms with E-state index in [1.807, 2.05) is 0 Å². The molecular weight excluding hydrogens is 881 g/mol. The van der Waals surface area contributed by atoms with Gasteiger partial charge in [-0.1, -0.05) is 11.3 Å². The van der Waals surface area contributed by atoms with Gasteiger partial charge in [0.25, 0.3) is 0 Å². The Morgan fingerprint density at radius 3 is 1.98 bits per heavy atom. The van der Waals surface area contributed by atoms with E-state index in [0.717, 1.165) is 30.4 Å². The van der Waals surface area contributed by atoms with Crippen LogP contribution in [0.25, 0.3) is 0 Å². The van der Waals surface area contributed by atoms with Gasteiger partial charge in [-0.2, -0.15) is 35.4 Å². The monoisotopic (exact) mass is 892 g/mol. The van der Waals surface area contributed by atoms with Crippen molar-refractivity contribution in [3.63, 3.8) is 0 Å². The Labute approximate surface area is 404 Å². The number of carboxylic acid groups (broad SMARTS) is 1. The van der Waals surface area contributed by atoms with E-state index in [9.17, 15) is 53.9 Å². The Morgan fingerprint density at radius 1 is 0.849 bits per heavy atom. The molecule has 53 heavy (non-hydrogen) atoms. The maximum Gasteiger partial charge on any atom is 2.00 e. The van der Waals surface area contributed by atoms with Gasteiger partial charge < -0.3 is 39.7 Å². The average Bonchev–Trinajstić information content (AvgIpc) is 2.96. The predicted octanol–water partition coefficient (Wildman–Crippen LogP) is -11.6. The number of aromatic carboxylic acids is 1. The molecule has 0 unspecified atom stereocenters. The van der Waals surface area contributed by atoms with Crippen molar-refractivity contribution in [2.24, 2.45) is 20.5 Å². The van der Waals surface area contributed by atoms with Gasteiger partial charge in [0.2, 0.25) is 17.2 Å². The maximum absolute atomic E-state index is 12.6. The zero-order valence-corrected chi connectivity index (χ0v) is 39.4. The topological polar surface area (TPSA) is 361 Å². The molecule has 261 valence electrons. The molecule has 3 N–H and O–H groups in total. The van der Waals surface area contributed by atoms with E-state index < -0.39 is 85.4 Å². The van der Waals surface area contributed by atoms with Crippen molar-refractivity contribution in [3.8, 4) is 5.75 Å². The van der Waals surface area contributed by atoms with Crippen LogP contribution in [0.15, 0.2) is 96.3 Å².